The van der Waals surface area contributed by atoms with Crippen LogP contribution in [0.3, 0.4) is 0 Å². The highest BCUT2D eigenvalue weighted by atomic mass is 32.2. The molecule has 1 atom stereocenters. The smallest absolute Gasteiger partial charge is 0.251 e. The maximum Gasteiger partial charge on any atom is 0.251 e. The van der Waals surface area contributed by atoms with Crippen molar-refractivity contribution in [2.75, 3.05) is 13.1 Å². The quantitative estimate of drug-likeness (QED) is 0.803. The lowest BCUT2D eigenvalue weighted by Crippen LogP contribution is -2.41. The summed E-state index contributed by atoms with van der Waals surface area (Å²) in [6, 6.07) is 12.4. The van der Waals surface area contributed by atoms with Crippen LogP contribution in [-0.4, -0.2) is 37.3 Å². The van der Waals surface area contributed by atoms with Crippen molar-refractivity contribution in [1.29, 1.82) is 0 Å². The van der Waals surface area contributed by atoms with Gasteiger partial charge in [-0.1, -0.05) is 24.3 Å². The number of carbonyl (C=O) groups excluding carboxylic acids is 1. The fraction of sp³-hybridized carbons (Fsp3) is 0.435. The Morgan fingerprint density at radius 3 is 2.57 bits per heavy atom. The van der Waals surface area contributed by atoms with Crippen molar-refractivity contribution in [2.45, 2.75) is 56.6 Å². The molecule has 30 heavy (non-hydrogen) atoms. The van der Waals surface area contributed by atoms with Gasteiger partial charge in [-0.3, -0.25) is 4.79 Å². The fourth-order valence-electron chi connectivity index (χ4n) is 4.26. The van der Waals surface area contributed by atoms with Crippen LogP contribution in [0, 0.1) is 6.92 Å². The van der Waals surface area contributed by atoms with Gasteiger partial charge in [0, 0.05) is 30.6 Å². The van der Waals surface area contributed by atoms with Gasteiger partial charge in [0.1, 0.15) is 11.4 Å². The van der Waals surface area contributed by atoms with Gasteiger partial charge in [0.05, 0.1) is 10.9 Å². The van der Waals surface area contributed by atoms with E-state index in [1.165, 1.54) is 10.4 Å². The van der Waals surface area contributed by atoms with Gasteiger partial charge in [0.25, 0.3) is 5.91 Å². The van der Waals surface area contributed by atoms with Crippen LogP contribution >= 0.6 is 0 Å². The molecule has 1 amide bonds. The fourth-order valence-corrected chi connectivity index (χ4v) is 6.03. The molecule has 1 saturated heterocycles. The topological polar surface area (TPSA) is 75.7 Å². The molecule has 0 aromatic heterocycles. The minimum Gasteiger partial charge on any atom is -0.487 e. The van der Waals surface area contributed by atoms with E-state index < -0.39 is 15.6 Å². The molecule has 6 nitrogen and oxygen atoms in total. The molecule has 4 rings (SSSR count). The summed E-state index contributed by atoms with van der Waals surface area (Å²) in [5.74, 6) is 0.477. The molecule has 0 radical (unpaired) electrons. The summed E-state index contributed by atoms with van der Waals surface area (Å²) in [5.41, 5.74) is 1.52. The Bertz CT molecular complexity index is 1070. The Morgan fingerprint density at radius 2 is 1.83 bits per heavy atom. The first kappa shape index (κ1) is 20.9. The normalized spacial score (nSPS) is 21.0. The average Bonchev–Trinajstić information content (AvgIpc) is 3.23. The van der Waals surface area contributed by atoms with Crippen molar-refractivity contribution in [3.63, 3.8) is 0 Å². The van der Waals surface area contributed by atoms with Crippen molar-refractivity contribution < 1.29 is 17.9 Å². The Labute approximate surface area is 178 Å². The standard InChI is InChI=1S/C23H28N2O4S/c1-16-10-11-17(14-21(16)30(27,28)25-12-6-7-13-25)22(26)24-19-15-23(2,3)29-20-9-5-4-8-18(19)20/h4-5,8-11,14,19H,6-7,12-13,15H2,1-3H3,(H,24,26)/t19-/m0/s1. The van der Waals surface area contributed by atoms with Crippen molar-refractivity contribution in [3.8, 4) is 5.75 Å². The summed E-state index contributed by atoms with van der Waals surface area (Å²) in [6.07, 6.45) is 2.37. The van der Waals surface area contributed by atoms with Crippen molar-refractivity contribution in [3.05, 3.63) is 59.2 Å². The van der Waals surface area contributed by atoms with E-state index in [0.29, 0.717) is 30.6 Å². The number of nitrogens with zero attached hydrogens (tertiary/aromatic N) is 1. The third-order valence-electron chi connectivity index (χ3n) is 5.81. The molecule has 2 aliphatic heterocycles. The number of fused-ring (bicyclic) bond motifs is 1. The number of nitrogens with one attached hydrogen (secondary N) is 1. The molecular formula is C23H28N2O4S. The number of hydrogen-bond donors (Lipinski definition) is 1. The summed E-state index contributed by atoms with van der Waals surface area (Å²) in [7, 11) is -3.59. The number of carbonyl (C=O) groups is 1. The molecule has 0 aliphatic carbocycles. The van der Waals surface area contributed by atoms with Crippen molar-refractivity contribution in [1.82, 2.24) is 9.62 Å². The number of benzene rings is 2. The Hall–Kier alpha value is -2.38. The molecule has 7 heteroatoms. The van der Waals surface area contributed by atoms with Gasteiger partial charge >= 0.3 is 0 Å². The molecule has 1 N–H and O–H groups in total. The summed E-state index contributed by atoms with van der Waals surface area (Å²) in [4.78, 5) is 13.3. The summed E-state index contributed by atoms with van der Waals surface area (Å²) in [6.45, 7) is 6.82. The molecule has 160 valence electrons. The van der Waals surface area contributed by atoms with Crippen molar-refractivity contribution in [2.24, 2.45) is 0 Å². The van der Waals surface area contributed by atoms with E-state index in [4.69, 9.17) is 4.74 Å². The molecule has 2 aliphatic rings. The van der Waals surface area contributed by atoms with Crippen molar-refractivity contribution >= 4 is 15.9 Å². The SMILES string of the molecule is Cc1ccc(C(=O)N[C@H]2CC(C)(C)Oc3ccccc32)cc1S(=O)(=O)N1CCCC1. The number of aryl methyl sites for hydroxylation is 1. The lowest BCUT2D eigenvalue weighted by atomic mass is 9.89. The van der Waals surface area contributed by atoms with E-state index in [1.54, 1.807) is 19.1 Å². The lowest BCUT2D eigenvalue weighted by Gasteiger charge is -2.37. The number of hydrogen-bond acceptors (Lipinski definition) is 4. The highest BCUT2D eigenvalue weighted by Gasteiger charge is 2.35. The number of amides is 1. The zero-order valence-electron chi connectivity index (χ0n) is 17.6. The van der Waals surface area contributed by atoms with Gasteiger partial charge in [-0.05, 0) is 57.4 Å². The van der Waals surface area contributed by atoms with E-state index in [0.717, 1.165) is 24.2 Å². The average molecular weight is 429 g/mol. The monoisotopic (exact) mass is 428 g/mol. The zero-order valence-corrected chi connectivity index (χ0v) is 18.5. The summed E-state index contributed by atoms with van der Waals surface area (Å²) < 4.78 is 33.6. The van der Waals surface area contributed by atoms with Crippen LogP contribution in [0.25, 0.3) is 0 Å². The molecule has 1 fully saturated rings. The van der Waals surface area contributed by atoms with E-state index in [1.807, 2.05) is 38.1 Å². The number of para-hydroxylation sites is 1. The second-order valence-electron chi connectivity index (χ2n) is 8.72. The van der Waals surface area contributed by atoms with Crippen LogP contribution in [0.2, 0.25) is 0 Å². The van der Waals surface area contributed by atoms with Gasteiger partial charge < -0.3 is 10.1 Å². The minimum absolute atomic E-state index is 0.211. The highest BCUT2D eigenvalue weighted by molar-refractivity contribution is 7.89. The van der Waals surface area contributed by atoms with Crippen LogP contribution in [0.1, 0.15) is 60.6 Å². The first-order chi connectivity index (χ1) is 14.2. The van der Waals surface area contributed by atoms with Gasteiger partial charge in [0.15, 0.2) is 0 Å². The molecule has 0 saturated carbocycles. The molecule has 2 aromatic rings. The molecular weight excluding hydrogens is 400 g/mol. The van der Waals surface area contributed by atoms with E-state index >= 15 is 0 Å². The molecule has 0 unspecified atom stereocenters. The Kier molecular flexibility index (Phi) is 5.36. The van der Waals surface area contributed by atoms with E-state index in [-0.39, 0.29) is 16.8 Å². The molecule has 0 spiro atoms. The first-order valence-corrected chi connectivity index (χ1v) is 11.8. The van der Waals surface area contributed by atoms with Crippen LogP contribution in [0.15, 0.2) is 47.4 Å². The third-order valence-corrected chi connectivity index (χ3v) is 7.86. The van der Waals surface area contributed by atoms with Gasteiger partial charge in [-0.2, -0.15) is 4.31 Å². The predicted molar refractivity (Wildman–Crippen MR) is 115 cm³/mol. The molecule has 0 bridgehead atoms. The Morgan fingerprint density at radius 1 is 1.13 bits per heavy atom. The second kappa shape index (κ2) is 7.71. The maximum absolute atomic E-state index is 13.1. The molecule has 2 aromatic carbocycles. The highest BCUT2D eigenvalue weighted by Crippen LogP contribution is 2.39. The second-order valence-corrected chi connectivity index (χ2v) is 10.6. The minimum atomic E-state index is -3.59. The van der Waals surface area contributed by atoms with Gasteiger partial charge in [-0.25, -0.2) is 8.42 Å². The largest absolute Gasteiger partial charge is 0.487 e. The van der Waals surface area contributed by atoms with Crippen LogP contribution in [-0.2, 0) is 10.0 Å². The first-order valence-electron chi connectivity index (χ1n) is 10.4. The zero-order chi connectivity index (χ0) is 21.5. The predicted octanol–water partition coefficient (Wildman–Crippen LogP) is 3.81. The summed E-state index contributed by atoms with van der Waals surface area (Å²) in [5, 5.41) is 3.09. The number of sulfonamides is 1. The van der Waals surface area contributed by atoms with Crippen LogP contribution in [0.5, 0.6) is 5.75 Å². The third kappa shape index (κ3) is 3.96. The number of rotatable bonds is 4. The summed E-state index contributed by atoms with van der Waals surface area (Å²) >= 11 is 0. The lowest BCUT2D eigenvalue weighted by molar-refractivity contribution is 0.0619. The number of ether oxygens (including phenoxy) is 1. The molecule has 2 heterocycles. The van der Waals surface area contributed by atoms with Gasteiger partial charge in [0.2, 0.25) is 10.0 Å². The van der Waals surface area contributed by atoms with Crippen LogP contribution < -0.4 is 10.1 Å². The van der Waals surface area contributed by atoms with Crippen LogP contribution in [0.4, 0.5) is 0 Å². The maximum atomic E-state index is 13.1. The van der Waals surface area contributed by atoms with E-state index in [9.17, 15) is 13.2 Å². The van der Waals surface area contributed by atoms with E-state index in [2.05, 4.69) is 5.32 Å². The van der Waals surface area contributed by atoms with Gasteiger partial charge in [-0.15, -0.1) is 0 Å². The Balaban J connectivity index is 1.62.